The predicted octanol–water partition coefficient (Wildman–Crippen LogP) is 3.37. The lowest BCUT2D eigenvalue weighted by Crippen LogP contribution is -2.29. The number of hydrogen-bond donors (Lipinski definition) is 2. The van der Waals surface area contributed by atoms with Crippen LogP contribution in [-0.2, 0) is 13.2 Å². The zero-order chi connectivity index (χ0) is 14.5. The number of piperidine rings is 1. The van der Waals surface area contributed by atoms with Gasteiger partial charge in [0.05, 0.1) is 6.54 Å². The third-order valence-electron chi connectivity index (χ3n) is 3.93. The fourth-order valence-electron chi connectivity index (χ4n) is 2.73. The zero-order valence-corrected chi connectivity index (χ0v) is 12.2. The number of benzene rings is 1. The molecule has 1 aliphatic heterocycles. The zero-order valence-electron chi connectivity index (χ0n) is 12.2. The topological polar surface area (TPSA) is 48.6 Å². The van der Waals surface area contributed by atoms with Crippen LogP contribution in [0.5, 0.6) is 0 Å². The fourth-order valence-corrected chi connectivity index (χ4v) is 2.73. The summed E-state index contributed by atoms with van der Waals surface area (Å²) >= 11 is 0. The number of aliphatic hydroxyl groups excluding tert-OH is 1. The van der Waals surface area contributed by atoms with Gasteiger partial charge in [0.2, 0.25) is 0 Å². The lowest BCUT2D eigenvalue weighted by molar-refractivity contribution is 0.244. The van der Waals surface area contributed by atoms with E-state index in [4.69, 9.17) is 9.52 Å². The number of furan rings is 1. The first kappa shape index (κ1) is 14.0. The Morgan fingerprint density at radius 1 is 0.952 bits per heavy atom. The molecule has 3 rings (SSSR count). The molecule has 4 heteroatoms. The van der Waals surface area contributed by atoms with Crippen LogP contribution in [0.3, 0.4) is 0 Å². The normalized spacial score (nSPS) is 15.2. The smallest absolute Gasteiger partial charge is 0.129 e. The Balaban J connectivity index is 1.56. The van der Waals surface area contributed by atoms with Gasteiger partial charge in [-0.1, -0.05) is 0 Å². The van der Waals surface area contributed by atoms with Crippen molar-refractivity contribution in [2.24, 2.45) is 0 Å². The molecule has 1 aromatic carbocycles. The SMILES string of the molecule is OCc1ccc(CNc2ccc(N3CCCCC3)cc2)o1. The molecule has 0 radical (unpaired) electrons. The van der Waals surface area contributed by atoms with Crippen LogP contribution in [-0.4, -0.2) is 18.2 Å². The van der Waals surface area contributed by atoms with Crippen LogP contribution < -0.4 is 10.2 Å². The number of nitrogens with zero attached hydrogens (tertiary/aromatic N) is 1. The highest BCUT2D eigenvalue weighted by Gasteiger charge is 2.10. The minimum absolute atomic E-state index is 0.0511. The van der Waals surface area contributed by atoms with Crippen LogP contribution in [0.25, 0.3) is 0 Å². The molecule has 0 unspecified atom stereocenters. The molecule has 0 atom stereocenters. The quantitative estimate of drug-likeness (QED) is 0.884. The molecule has 1 fully saturated rings. The minimum Gasteiger partial charge on any atom is -0.462 e. The van der Waals surface area contributed by atoms with Gasteiger partial charge in [0.15, 0.2) is 0 Å². The summed E-state index contributed by atoms with van der Waals surface area (Å²) in [4.78, 5) is 2.45. The molecule has 1 aliphatic rings. The molecule has 0 saturated carbocycles. The van der Waals surface area contributed by atoms with E-state index >= 15 is 0 Å². The van der Waals surface area contributed by atoms with E-state index in [0.717, 1.165) is 11.4 Å². The molecule has 0 spiro atoms. The van der Waals surface area contributed by atoms with Crippen LogP contribution in [0.15, 0.2) is 40.8 Å². The van der Waals surface area contributed by atoms with Gasteiger partial charge in [-0.3, -0.25) is 0 Å². The van der Waals surface area contributed by atoms with Gasteiger partial charge in [0.1, 0.15) is 18.1 Å². The van der Waals surface area contributed by atoms with Crippen molar-refractivity contribution >= 4 is 11.4 Å². The first-order valence-electron chi connectivity index (χ1n) is 7.62. The van der Waals surface area contributed by atoms with Crippen LogP contribution in [0.4, 0.5) is 11.4 Å². The summed E-state index contributed by atoms with van der Waals surface area (Å²) in [7, 11) is 0. The summed E-state index contributed by atoms with van der Waals surface area (Å²) in [5.74, 6) is 1.44. The molecule has 21 heavy (non-hydrogen) atoms. The summed E-state index contributed by atoms with van der Waals surface area (Å²) in [6.07, 6.45) is 3.95. The number of rotatable bonds is 5. The van der Waals surface area contributed by atoms with E-state index in [9.17, 15) is 0 Å². The van der Waals surface area contributed by atoms with Crippen molar-refractivity contribution in [1.82, 2.24) is 0 Å². The molecule has 2 aromatic rings. The fraction of sp³-hybridized carbons (Fsp3) is 0.412. The lowest BCUT2D eigenvalue weighted by atomic mass is 10.1. The average molecular weight is 286 g/mol. The van der Waals surface area contributed by atoms with Crippen LogP contribution >= 0.6 is 0 Å². The Hall–Kier alpha value is -1.94. The van der Waals surface area contributed by atoms with Gasteiger partial charge in [-0.15, -0.1) is 0 Å². The standard InChI is InChI=1S/C17H22N2O2/c20-13-17-9-8-16(21-17)12-18-14-4-6-15(7-5-14)19-10-2-1-3-11-19/h4-9,18,20H,1-3,10-13H2. The largest absolute Gasteiger partial charge is 0.462 e. The Labute approximate surface area is 125 Å². The maximum atomic E-state index is 8.97. The van der Waals surface area contributed by atoms with Crippen molar-refractivity contribution in [2.75, 3.05) is 23.3 Å². The summed E-state index contributed by atoms with van der Waals surface area (Å²) in [5.41, 5.74) is 2.39. The summed E-state index contributed by atoms with van der Waals surface area (Å²) in [6, 6.07) is 12.3. The van der Waals surface area contributed by atoms with E-state index in [0.29, 0.717) is 12.3 Å². The average Bonchev–Trinajstić information content (AvgIpc) is 3.02. The molecule has 0 bridgehead atoms. The molecule has 4 nitrogen and oxygen atoms in total. The summed E-state index contributed by atoms with van der Waals surface area (Å²) < 4.78 is 5.45. The lowest BCUT2D eigenvalue weighted by Gasteiger charge is -2.28. The van der Waals surface area contributed by atoms with E-state index in [1.165, 1.54) is 38.0 Å². The van der Waals surface area contributed by atoms with Crippen LogP contribution in [0.1, 0.15) is 30.8 Å². The van der Waals surface area contributed by atoms with Gasteiger partial charge in [0, 0.05) is 24.5 Å². The Morgan fingerprint density at radius 3 is 2.33 bits per heavy atom. The molecule has 1 aromatic heterocycles. The van der Waals surface area contributed by atoms with E-state index in [1.807, 2.05) is 6.07 Å². The third kappa shape index (κ3) is 3.58. The van der Waals surface area contributed by atoms with Crippen molar-refractivity contribution in [2.45, 2.75) is 32.4 Å². The second-order valence-electron chi connectivity index (χ2n) is 5.47. The van der Waals surface area contributed by atoms with Crippen molar-refractivity contribution in [3.05, 3.63) is 47.9 Å². The molecule has 0 amide bonds. The van der Waals surface area contributed by atoms with Crippen LogP contribution in [0.2, 0.25) is 0 Å². The molecule has 2 N–H and O–H groups in total. The molecule has 1 saturated heterocycles. The van der Waals surface area contributed by atoms with Gasteiger partial charge in [0.25, 0.3) is 0 Å². The molecule has 112 valence electrons. The monoisotopic (exact) mass is 286 g/mol. The van der Waals surface area contributed by atoms with E-state index in [2.05, 4.69) is 34.5 Å². The maximum Gasteiger partial charge on any atom is 0.129 e. The number of hydrogen-bond acceptors (Lipinski definition) is 4. The van der Waals surface area contributed by atoms with Gasteiger partial charge >= 0.3 is 0 Å². The second-order valence-corrected chi connectivity index (χ2v) is 5.47. The highest BCUT2D eigenvalue weighted by atomic mass is 16.4. The van der Waals surface area contributed by atoms with E-state index in [-0.39, 0.29) is 6.61 Å². The van der Waals surface area contributed by atoms with Gasteiger partial charge < -0.3 is 19.7 Å². The molecular formula is C17H22N2O2. The van der Waals surface area contributed by atoms with E-state index < -0.39 is 0 Å². The molecule has 2 heterocycles. The summed E-state index contributed by atoms with van der Waals surface area (Å²) in [6.45, 7) is 2.92. The first-order chi connectivity index (χ1) is 10.3. The number of nitrogens with one attached hydrogen (secondary N) is 1. The van der Waals surface area contributed by atoms with Crippen molar-refractivity contribution in [3.8, 4) is 0 Å². The van der Waals surface area contributed by atoms with Crippen LogP contribution in [0, 0.1) is 0 Å². The van der Waals surface area contributed by atoms with Crippen molar-refractivity contribution < 1.29 is 9.52 Å². The number of aliphatic hydroxyl groups is 1. The van der Waals surface area contributed by atoms with Gasteiger partial charge in [-0.05, 0) is 55.7 Å². The molecular weight excluding hydrogens is 264 g/mol. The van der Waals surface area contributed by atoms with Gasteiger partial charge in [-0.2, -0.15) is 0 Å². The Bertz CT molecular complexity index is 556. The first-order valence-corrected chi connectivity index (χ1v) is 7.62. The predicted molar refractivity (Wildman–Crippen MR) is 84.5 cm³/mol. The van der Waals surface area contributed by atoms with Crippen molar-refractivity contribution in [3.63, 3.8) is 0 Å². The third-order valence-corrected chi connectivity index (χ3v) is 3.93. The second kappa shape index (κ2) is 6.68. The number of anilines is 2. The van der Waals surface area contributed by atoms with Crippen molar-refractivity contribution in [1.29, 1.82) is 0 Å². The van der Waals surface area contributed by atoms with E-state index in [1.54, 1.807) is 6.07 Å². The highest BCUT2D eigenvalue weighted by Crippen LogP contribution is 2.22. The minimum atomic E-state index is -0.0511. The Morgan fingerprint density at radius 2 is 1.67 bits per heavy atom. The highest BCUT2D eigenvalue weighted by molar-refractivity contribution is 5.55. The van der Waals surface area contributed by atoms with Gasteiger partial charge in [-0.25, -0.2) is 0 Å². The summed E-state index contributed by atoms with van der Waals surface area (Å²) in [5, 5.41) is 12.3. The molecule has 0 aliphatic carbocycles. The Kier molecular flexibility index (Phi) is 4.46. The maximum absolute atomic E-state index is 8.97.